The maximum atomic E-state index is 13.6. The van der Waals surface area contributed by atoms with Crippen molar-refractivity contribution in [3.05, 3.63) is 48.8 Å². The number of nitrogens with two attached hydrogens (primary N) is 1. The predicted molar refractivity (Wildman–Crippen MR) is 104 cm³/mol. The van der Waals surface area contributed by atoms with Crippen LogP contribution in [0.1, 0.15) is 32.1 Å². The Hall–Kier alpha value is -2.54. The zero-order chi connectivity index (χ0) is 18.2. The normalized spacial score (nSPS) is 17.2. The molecule has 2 heterocycles. The fourth-order valence-corrected chi connectivity index (χ4v) is 5.83. The molecule has 0 unspecified atom stereocenters. The van der Waals surface area contributed by atoms with Crippen LogP contribution in [0.25, 0.3) is 11.0 Å². The van der Waals surface area contributed by atoms with Crippen molar-refractivity contribution in [1.82, 2.24) is 9.97 Å². The molecule has 1 aliphatic carbocycles. The van der Waals surface area contributed by atoms with E-state index in [-0.39, 0.29) is 0 Å². The number of aromatic amines is 1. The van der Waals surface area contributed by atoms with E-state index in [1.54, 1.807) is 36.7 Å². The van der Waals surface area contributed by atoms with Crippen LogP contribution in [0.15, 0.2) is 53.7 Å². The zero-order valence-corrected chi connectivity index (χ0v) is 15.2. The van der Waals surface area contributed by atoms with Gasteiger partial charge >= 0.3 is 0 Å². The van der Waals surface area contributed by atoms with Crippen molar-refractivity contribution in [3.8, 4) is 0 Å². The Balaban J connectivity index is 1.85. The standard InChI is InChI=1S/C19H22N4O2S/c20-16-13-22-18-15(9-12-21-18)17(16)23-19(10-5-2-6-11-19)26(24,25)14-7-3-1-4-8-14/h1,3-4,7-9,12-13H,2,5-6,10-11,20H2,(H2,21,22,23). The molecule has 26 heavy (non-hydrogen) atoms. The summed E-state index contributed by atoms with van der Waals surface area (Å²) in [6, 6.07) is 10.5. The third kappa shape index (κ3) is 2.63. The fraction of sp³-hybridized carbons (Fsp3) is 0.316. The molecule has 1 aliphatic rings. The lowest BCUT2D eigenvalue weighted by Gasteiger charge is -2.38. The quantitative estimate of drug-likeness (QED) is 0.650. The number of anilines is 2. The van der Waals surface area contributed by atoms with E-state index in [1.807, 2.05) is 12.1 Å². The first-order chi connectivity index (χ1) is 12.5. The summed E-state index contributed by atoms with van der Waals surface area (Å²) in [6.45, 7) is 0. The van der Waals surface area contributed by atoms with Crippen molar-refractivity contribution >= 4 is 32.2 Å². The van der Waals surface area contributed by atoms with E-state index >= 15 is 0 Å². The molecule has 0 spiro atoms. The Morgan fingerprint density at radius 3 is 2.54 bits per heavy atom. The minimum Gasteiger partial charge on any atom is -0.396 e. The van der Waals surface area contributed by atoms with Crippen LogP contribution in [0.4, 0.5) is 11.4 Å². The minimum atomic E-state index is -3.59. The minimum absolute atomic E-state index is 0.340. The number of pyridine rings is 1. The second-order valence-electron chi connectivity index (χ2n) is 6.82. The molecule has 3 aromatic rings. The molecule has 0 atom stereocenters. The zero-order valence-electron chi connectivity index (χ0n) is 14.4. The van der Waals surface area contributed by atoms with E-state index in [1.165, 1.54) is 0 Å². The number of nitrogen functional groups attached to an aromatic ring is 1. The summed E-state index contributed by atoms with van der Waals surface area (Å²) < 4.78 is 27.1. The number of nitrogens with zero attached hydrogens (tertiary/aromatic N) is 1. The van der Waals surface area contributed by atoms with E-state index in [0.29, 0.717) is 34.8 Å². The first-order valence-electron chi connectivity index (χ1n) is 8.83. The van der Waals surface area contributed by atoms with Gasteiger partial charge in [-0.1, -0.05) is 37.5 Å². The van der Waals surface area contributed by atoms with Gasteiger partial charge in [0.2, 0.25) is 9.84 Å². The van der Waals surface area contributed by atoms with Gasteiger partial charge in [0.25, 0.3) is 0 Å². The lowest BCUT2D eigenvalue weighted by Crippen LogP contribution is -2.48. The summed E-state index contributed by atoms with van der Waals surface area (Å²) in [5.41, 5.74) is 7.94. The Bertz CT molecular complexity index is 1020. The van der Waals surface area contributed by atoms with E-state index in [9.17, 15) is 8.42 Å². The molecule has 6 nitrogen and oxygen atoms in total. The molecule has 0 bridgehead atoms. The Morgan fingerprint density at radius 2 is 1.81 bits per heavy atom. The molecular weight excluding hydrogens is 348 g/mol. The molecule has 4 N–H and O–H groups in total. The number of nitrogens with one attached hydrogen (secondary N) is 2. The number of fused-ring (bicyclic) bond motifs is 1. The number of aromatic nitrogens is 2. The van der Waals surface area contributed by atoms with Crippen LogP contribution >= 0.6 is 0 Å². The summed E-state index contributed by atoms with van der Waals surface area (Å²) in [5.74, 6) is 0. The van der Waals surface area contributed by atoms with Gasteiger partial charge in [0.15, 0.2) is 0 Å². The highest BCUT2D eigenvalue weighted by atomic mass is 32.2. The number of rotatable bonds is 4. The van der Waals surface area contributed by atoms with Gasteiger partial charge in [-0.05, 0) is 31.0 Å². The summed E-state index contributed by atoms with van der Waals surface area (Å²) in [7, 11) is -3.59. The molecule has 2 aromatic heterocycles. The molecular formula is C19H22N4O2S. The SMILES string of the molecule is Nc1cnc2[nH]ccc2c1NC1(S(=O)(=O)c2ccccc2)CCCCC1. The van der Waals surface area contributed by atoms with Gasteiger partial charge in [0.1, 0.15) is 10.5 Å². The lowest BCUT2D eigenvalue weighted by molar-refractivity contribution is 0.403. The number of H-pyrrole nitrogens is 1. The first kappa shape index (κ1) is 16.9. The van der Waals surface area contributed by atoms with Crippen molar-refractivity contribution in [2.75, 3.05) is 11.1 Å². The summed E-state index contributed by atoms with van der Waals surface area (Å²) in [5, 5.41) is 4.16. The van der Waals surface area contributed by atoms with E-state index in [4.69, 9.17) is 5.73 Å². The van der Waals surface area contributed by atoms with Gasteiger partial charge < -0.3 is 16.0 Å². The predicted octanol–water partition coefficient (Wildman–Crippen LogP) is 3.69. The average Bonchev–Trinajstić information content (AvgIpc) is 3.14. The van der Waals surface area contributed by atoms with Crippen LogP contribution in [0.5, 0.6) is 0 Å². The molecule has 0 saturated heterocycles. The number of sulfone groups is 1. The Labute approximate surface area is 152 Å². The molecule has 1 fully saturated rings. The van der Waals surface area contributed by atoms with Crippen LogP contribution in [-0.2, 0) is 9.84 Å². The average molecular weight is 370 g/mol. The molecule has 136 valence electrons. The van der Waals surface area contributed by atoms with E-state index < -0.39 is 14.7 Å². The van der Waals surface area contributed by atoms with E-state index in [2.05, 4.69) is 15.3 Å². The second-order valence-corrected chi connectivity index (χ2v) is 9.08. The molecule has 7 heteroatoms. The Morgan fingerprint density at radius 1 is 1.08 bits per heavy atom. The molecule has 1 saturated carbocycles. The van der Waals surface area contributed by atoms with Crippen molar-refractivity contribution in [3.63, 3.8) is 0 Å². The van der Waals surface area contributed by atoms with Crippen LogP contribution in [-0.4, -0.2) is 23.3 Å². The van der Waals surface area contributed by atoms with Crippen LogP contribution in [0.2, 0.25) is 0 Å². The highest BCUT2D eigenvalue weighted by Gasteiger charge is 2.46. The topological polar surface area (TPSA) is 101 Å². The number of benzene rings is 1. The Kier molecular flexibility index (Phi) is 4.11. The van der Waals surface area contributed by atoms with Gasteiger partial charge in [0, 0.05) is 11.6 Å². The van der Waals surface area contributed by atoms with Gasteiger partial charge in [-0.15, -0.1) is 0 Å². The summed E-state index contributed by atoms with van der Waals surface area (Å²) in [4.78, 5) is 6.60. The van der Waals surface area contributed by atoms with Crippen LogP contribution in [0, 0.1) is 0 Å². The fourth-order valence-electron chi connectivity index (χ4n) is 3.80. The van der Waals surface area contributed by atoms with Crippen LogP contribution < -0.4 is 11.1 Å². The van der Waals surface area contributed by atoms with Gasteiger partial charge in [-0.25, -0.2) is 13.4 Å². The lowest BCUT2D eigenvalue weighted by atomic mass is 9.94. The molecule has 0 radical (unpaired) electrons. The molecule has 1 aromatic carbocycles. The largest absolute Gasteiger partial charge is 0.396 e. The second kappa shape index (κ2) is 6.32. The summed E-state index contributed by atoms with van der Waals surface area (Å²) >= 11 is 0. The number of hydrogen-bond donors (Lipinski definition) is 3. The van der Waals surface area contributed by atoms with Crippen molar-refractivity contribution in [1.29, 1.82) is 0 Å². The molecule has 0 aliphatic heterocycles. The summed E-state index contributed by atoms with van der Waals surface area (Å²) in [6.07, 6.45) is 7.21. The van der Waals surface area contributed by atoms with Crippen LogP contribution in [0.3, 0.4) is 0 Å². The van der Waals surface area contributed by atoms with Gasteiger partial charge in [0.05, 0.1) is 22.5 Å². The highest BCUT2D eigenvalue weighted by molar-refractivity contribution is 7.93. The monoisotopic (exact) mass is 370 g/mol. The maximum absolute atomic E-state index is 13.6. The number of hydrogen-bond acceptors (Lipinski definition) is 5. The van der Waals surface area contributed by atoms with Gasteiger partial charge in [-0.2, -0.15) is 0 Å². The van der Waals surface area contributed by atoms with E-state index in [0.717, 1.165) is 24.6 Å². The maximum Gasteiger partial charge on any atom is 0.202 e. The third-order valence-corrected chi connectivity index (χ3v) is 7.63. The third-order valence-electron chi connectivity index (χ3n) is 5.20. The van der Waals surface area contributed by atoms with Gasteiger partial charge in [-0.3, -0.25) is 0 Å². The van der Waals surface area contributed by atoms with Crippen molar-refractivity contribution in [2.24, 2.45) is 0 Å². The molecule has 4 rings (SSSR count). The molecule has 0 amide bonds. The van der Waals surface area contributed by atoms with Crippen molar-refractivity contribution in [2.45, 2.75) is 41.9 Å². The highest BCUT2D eigenvalue weighted by Crippen LogP contribution is 2.42. The smallest absolute Gasteiger partial charge is 0.202 e. The first-order valence-corrected chi connectivity index (χ1v) is 10.3. The van der Waals surface area contributed by atoms with Crippen molar-refractivity contribution < 1.29 is 8.42 Å².